The van der Waals surface area contributed by atoms with E-state index in [1.165, 1.54) is 0 Å². The van der Waals surface area contributed by atoms with E-state index in [1.807, 2.05) is 41.9 Å². The van der Waals surface area contributed by atoms with Gasteiger partial charge in [0.1, 0.15) is 6.54 Å². The average Bonchev–Trinajstić information content (AvgIpc) is 3.24. The minimum atomic E-state index is -0.604. The second-order valence-electron chi connectivity index (χ2n) is 5.80. The molecular weight excluding hydrogens is 354 g/mol. The van der Waals surface area contributed by atoms with Crippen molar-refractivity contribution < 1.29 is 14.0 Å². The number of furan rings is 1. The Morgan fingerprint density at radius 3 is 2.96 bits per heavy atom. The van der Waals surface area contributed by atoms with E-state index in [4.69, 9.17) is 10.2 Å². The van der Waals surface area contributed by atoms with Crippen LogP contribution in [0, 0.1) is 0 Å². The fourth-order valence-electron chi connectivity index (χ4n) is 2.81. The third kappa shape index (κ3) is 2.86. The number of fused-ring (bicyclic) bond motifs is 1. The summed E-state index contributed by atoms with van der Waals surface area (Å²) in [6.07, 6.45) is 1.61. The maximum Gasteiger partial charge on any atom is 0.302 e. The highest BCUT2D eigenvalue weighted by Gasteiger charge is 2.24. The van der Waals surface area contributed by atoms with Crippen LogP contribution in [0.15, 0.2) is 46.1 Å². The highest BCUT2D eigenvalue weighted by Crippen LogP contribution is 2.26. The summed E-state index contributed by atoms with van der Waals surface area (Å²) in [4.78, 5) is 27.6. The second-order valence-corrected chi connectivity index (χ2v) is 6.73. The molecule has 2 aromatic heterocycles. The van der Waals surface area contributed by atoms with E-state index < -0.39 is 5.91 Å². The van der Waals surface area contributed by atoms with Crippen molar-refractivity contribution in [1.29, 1.82) is 0 Å². The zero-order valence-electron chi connectivity index (χ0n) is 13.9. The van der Waals surface area contributed by atoms with Crippen molar-refractivity contribution >= 4 is 39.7 Å². The minimum Gasteiger partial charge on any atom is -0.461 e. The van der Waals surface area contributed by atoms with Gasteiger partial charge in [-0.15, -0.1) is 0 Å². The summed E-state index contributed by atoms with van der Waals surface area (Å²) < 4.78 is 7.40. The number of hydrazone groups is 1. The fourth-order valence-corrected chi connectivity index (χ4v) is 3.55. The number of hydrogen-bond donors (Lipinski definition) is 1. The van der Waals surface area contributed by atoms with Gasteiger partial charge in [-0.1, -0.05) is 17.8 Å². The predicted molar refractivity (Wildman–Crippen MR) is 98.7 cm³/mol. The average molecular weight is 369 g/mol. The molecule has 8 nitrogen and oxygen atoms in total. The molecule has 0 unspecified atom stereocenters. The molecule has 0 aliphatic carbocycles. The molecule has 0 radical (unpaired) electrons. The summed E-state index contributed by atoms with van der Waals surface area (Å²) >= 11 is 1.09. The smallest absolute Gasteiger partial charge is 0.302 e. The molecule has 0 saturated carbocycles. The zero-order valence-corrected chi connectivity index (χ0v) is 14.7. The first-order chi connectivity index (χ1) is 12.5. The Kier molecular flexibility index (Phi) is 4.00. The first-order valence-electron chi connectivity index (χ1n) is 7.84. The molecule has 4 rings (SSSR count). The molecule has 1 aliphatic heterocycles. The van der Waals surface area contributed by atoms with Crippen LogP contribution in [0.1, 0.15) is 5.56 Å². The Bertz CT molecular complexity index is 1040. The molecule has 0 fully saturated rings. The van der Waals surface area contributed by atoms with Crippen LogP contribution in [0.5, 0.6) is 0 Å². The van der Waals surface area contributed by atoms with Gasteiger partial charge in [0.25, 0.3) is 0 Å². The standard InChI is InChI=1S/C17H15N5O3S/c1-21-13-5-4-10(7-11(13)19-16(21)14-3-2-6-25-14)12-9-26-17(24)22(20-12)8-15(18)23/h2-7H,8-9H2,1H3,(H2,18,23). The summed E-state index contributed by atoms with van der Waals surface area (Å²) in [5.74, 6) is 1.24. The molecule has 2 N–H and O–H groups in total. The third-order valence-electron chi connectivity index (χ3n) is 4.05. The van der Waals surface area contributed by atoms with Crippen molar-refractivity contribution in [3.63, 3.8) is 0 Å². The molecule has 0 bridgehead atoms. The Morgan fingerprint density at radius 2 is 2.23 bits per heavy atom. The zero-order chi connectivity index (χ0) is 18.3. The Hall–Kier alpha value is -3.07. The first-order valence-corrected chi connectivity index (χ1v) is 8.82. The van der Waals surface area contributed by atoms with Gasteiger partial charge in [-0.2, -0.15) is 5.10 Å². The van der Waals surface area contributed by atoms with E-state index in [1.54, 1.807) is 6.26 Å². The van der Waals surface area contributed by atoms with Crippen LogP contribution < -0.4 is 5.73 Å². The van der Waals surface area contributed by atoms with Crippen molar-refractivity contribution in [2.24, 2.45) is 17.9 Å². The van der Waals surface area contributed by atoms with E-state index in [2.05, 4.69) is 10.1 Å². The lowest BCUT2D eigenvalue weighted by Gasteiger charge is -2.21. The van der Waals surface area contributed by atoms with Crippen LogP contribution in [0.25, 0.3) is 22.6 Å². The number of imidazole rings is 1. The van der Waals surface area contributed by atoms with E-state index in [9.17, 15) is 9.59 Å². The van der Waals surface area contributed by atoms with Crippen LogP contribution >= 0.6 is 11.8 Å². The molecule has 3 heterocycles. The number of benzene rings is 1. The van der Waals surface area contributed by atoms with E-state index >= 15 is 0 Å². The Labute approximate surface area is 152 Å². The topological polar surface area (TPSA) is 107 Å². The minimum absolute atomic E-state index is 0.232. The number of carbonyl (C=O) groups excluding carboxylic acids is 2. The number of rotatable bonds is 4. The van der Waals surface area contributed by atoms with Crippen molar-refractivity contribution in [3.8, 4) is 11.6 Å². The van der Waals surface area contributed by atoms with Gasteiger partial charge in [0.05, 0.1) is 23.0 Å². The van der Waals surface area contributed by atoms with Gasteiger partial charge in [0.2, 0.25) is 5.91 Å². The summed E-state index contributed by atoms with van der Waals surface area (Å²) in [5, 5.41) is 5.10. The molecule has 0 spiro atoms. The number of aromatic nitrogens is 2. The van der Waals surface area contributed by atoms with Gasteiger partial charge < -0.3 is 14.7 Å². The molecule has 0 atom stereocenters. The van der Waals surface area contributed by atoms with E-state index in [0.717, 1.165) is 39.2 Å². The maximum atomic E-state index is 11.8. The molecular formula is C17H15N5O3S. The third-order valence-corrected chi connectivity index (χ3v) is 4.92. The van der Waals surface area contributed by atoms with Crippen LogP contribution in [0.4, 0.5) is 4.79 Å². The normalized spacial score (nSPS) is 14.7. The predicted octanol–water partition coefficient (Wildman–Crippen LogP) is 2.19. The Balaban J connectivity index is 1.73. The van der Waals surface area contributed by atoms with Gasteiger partial charge in [-0.3, -0.25) is 9.59 Å². The Morgan fingerprint density at radius 1 is 1.38 bits per heavy atom. The van der Waals surface area contributed by atoms with E-state index in [-0.39, 0.29) is 11.8 Å². The van der Waals surface area contributed by atoms with Gasteiger partial charge in [0, 0.05) is 18.4 Å². The summed E-state index contributed by atoms with van der Waals surface area (Å²) in [7, 11) is 1.92. The van der Waals surface area contributed by atoms with Gasteiger partial charge in [-0.05, 0) is 24.3 Å². The van der Waals surface area contributed by atoms with Crippen molar-refractivity contribution in [3.05, 3.63) is 42.2 Å². The highest BCUT2D eigenvalue weighted by atomic mass is 32.2. The molecule has 3 aromatic rings. The van der Waals surface area contributed by atoms with Crippen molar-refractivity contribution in [2.45, 2.75) is 0 Å². The van der Waals surface area contributed by atoms with Gasteiger partial charge in [-0.25, -0.2) is 9.99 Å². The quantitative estimate of drug-likeness (QED) is 0.759. The number of nitrogens with two attached hydrogens (primary N) is 1. The first kappa shape index (κ1) is 16.4. The number of primary amides is 1. The van der Waals surface area contributed by atoms with Crippen molar-refractivity contribution in [2.75, 3.05) is 12.3 Å². The number of carbonyl (C=O) groups is 2. The van der Waals surface area contributed by atoms with E-state index in [0.29, 0.717) is 17.2 Å². The molecule has 26 heavy (non-hydrogen) atoms. The number of hydrogen-bond acceptors (Lipinski definition) is 6. The number of aryl methyl sites for hydroxylation is 1. The second kappa shape index (κ2) is 6.34. The van der Waals surface area contributed by atoms with Gasteiger partial charge >= 0.3 is 5.24 Å². The maximum absolute atomic E-state index is 11.8. The molecule has 0 saturated heterocycles. The number of nitrogens with zero attached hydrogens (tertiary/aromatic N) is 4. The van der Waals surface area contributed by atoms with Gasteiger partial charge in [0.15, 0.2) is 11.6 Å². The lowest BCUT2D eigenvalue weighted by Crippen LogP contribution is -2.36. The summed E-state index contributed by atoms with van der Waals surface area (Å²) in [6, 6.07) is 9.47. The van der Waals surface area contributed by atoms with Crippen LogP contribution in [-0.2, 0) is 11.8 Å². The molecule has 2 amide bonds. The molecule has 1 aromatic carbocycles. The lowest BCUT2D eigenvalue weighted by atomic mass is 10.1. The number of amides is 2. The molecule has 9 heteroatoms. The fraction of sp³-hybridized carbons (Fsp3) is 0.176. The van der Waals surface area contributed by atoms with Crippen LogP contribution in [0.2, 0.25) is 0 Å². The SMILES string of the molecule is Cn1c(-c2ccco2)nc2cc(C3=NN(CC(N)=O)C(=O)SC3)ccc21. The monoisotopic (exact) mass is 369 g/mol. The largest absolute Gasteiger partial charge is 0.461 e. The number of thioether (sulfide) groups is 1. The van der Waals surface area contributed by atoms with Crippen LogP contribution in [0.3, 0.4) is 0 Å². The molecule has 132 valence electrons. The summed E-state index contributed by atoms with van der Waals surface area (Å²) in [5.41, 5.74) is 8.46. The lowest BCUT2D eigenvalue weighted by molar-refractivity contribution is -0.118. The molecule has 1 aliphatic rings. The van der Waals surface area contributed by atoms with Crippen molar-refractivity contribution in [1.82, 2.24) is 14.6 Å². The van der Waals surface area contributed by atoms with Crippen LogP contribution in [-0.4, -0.2) is 43.7 Å². The highest BCUT2D eigenvalue weighted by molar-refractivity contribution is 8.14. The summed E-state index contributed by atoms with van der Waals surface area (Å²) in [6.45, 7) is -0.232.